The van der Waals surface area contributed by atoms with Crippen molar-refractivity contribution >= 4 is 0 Å². The molecule has 2 heterocycles. The van der Waals surface area contributed by atoms with Gasteiger partial charge in [0, 0.05) is 0 Å². The van der Waals surface area contributed by atoms with E-state index < -0.39 is 11.7 Å². The number of rotatable bonds is 2. The van der Waals surface area contributed by atoms with Crippen LogP contribution in [0.3, 0.4) is 0 Å². The van der Waals surface area contributed by atoms with Crippen molar-refractivity contribution in [2.24, 2.45) is 0 Å². The summed E-state index contributed by atoms with van der Waals surface area (Å²) in [6.07, 6.45) is 3.51. The lowest BCUT2D eigenvalue weighted by Crippen LogP contribution is -2.33. The highest BCUT2D eigenvalue weighted by Gasteiger charge is 2.23. The van der Waals surface area contributed by atoms with Crippen LogP contribution in [-0.2, 0) is 6.54 Å². The van der Waals surface area contributed by atoms with E-state index in [-0.39, 0.29) is 12.3 Å². The van der Waals surface area contributed by atoms with Crippen molar-refractivity contribution in [1.82, 2.24) is 13.9 Å². The van der Waals surface area contributed by atoms with Gasteiger partial charge in [0.15, 0.2) is 0 Å². The van der Waals surface area contributed by atoms with Gasteiger partial charge in [-0.1, -0.05) is 30.4 Å². The third-order valence-electron chi connectivity index (χ3n) is 3.21. The van der Waals surface area contributed by atoms with E-state index in [1.807, 2.05) is 6.07 Å². The van der Waals surface area contributed by atoms with Crippen LogP contribution in [0.4, 0.5) is 0 Å². The topological polar surface area (TPSA) is 69.2 Å². The van der Waals surface area contributed by atoms with E-state index >= 15 is 0 Å². The molecule has 1 aromatic carbocycles. The van der Waals surface area contributed by atoms with Crippen LogP contribution in [0.5, 0.6) is 0 Å². The first-order valence-electron chi connectivity index (χ1n) is 6.01. The van der Waals surface area contributed by atoms with Gasteiger partial charge in [0.2, 0.25) is 0 Å². The third kappa shape index (κ3) is 1.68. The molecular formula is C13H13N3O3. The highest BCUT2D eigenvalue weighted by atomic mass is 16.3. The average Bonchev–Trinajstić information content (AvgIpc) is 2.72. The average molecular weight is 260 g/mol. The first-order valence-corrected chi connectivity index (χ1v) is 6.01. The van der Waals surface area contributed by atoms with Crippen LogP contribution in [-0.4, -0.2) is 25.6 Å². The molecule has 0 amide bonds. The molecule has 1 aromatic heterocycles. The van der Waals surface area contributed by atoms with Crippen LogP contribution in [0.25, 0.3) is 5.69 Å². The van der Waals surface area contributed by atoms with Crippen LogP contribution in [0, 0.1) is 0 Å². The third-order valence-corrected chi connectivity index (χ3v) is 3.21. The molecule has 1 aliphatic rings. The second-order valence-electron chi connectivity index (χ2n) is 4.34. The Hall–Kier alpha value is -2.34. The number of para-hydroxylation sites is 1. The molecule has 0 fully saturated rings. The Bertz CT molecular complexity index is 737. The summed E-state index contributed by atoms with van der Waals surface area (Å²) in [5, 5.41) is 9.30. The first kappa shape index (κ1) is 11.7. The van der Waals surface area contributed by atoms with Gasteiger partial charge in [-0.2, -0.15) is 0 Å². The van der Waals surface area contributed by atoms with E-state index in [1.54, 1.807) is 36.4 Å². The maximum Gasteiger partial charge on any atom is 0.352 e. The lowest BCUT2D eigenvalue weighted by atomic mass is 10.3. The summed E-state index contributed by atoms with van der Waals surface area (Å²) < 4.78 is 3.77. The van der Waals surface area contributed by atoms with Crippen molar-refractivity contribution in [3.63, 3.8) is 0 Å². The number of benzene rings is 1. The van der Waals surface area contributed by atoms with Crippen molar-refractivity contribution < 1.29 is 5.11 Å². The molecule has 98 valence electrons. The molecule has 0 saturated heterocycles. The van der Waals surface area contributed by atoms with Gasteiger partial charge >= 0.3 is 11.4 Å². The van der Waals surface area contributed by atoms with Crippen molar-refractivity contribution in [1.29, 1.82) is 0 Å². The summed E-state index contributed by atoms with van der Waals surface area (Å²) in [4.78, 5) is 24.7. The van der Waals surface area contributed by atoms with Gasteiger partial charge in [-0.25, -0.2) is 23.5 Å². The molecule has 3 rings (SSSR count). The number of hydrogen-bond acceptors (Lipinski definition) is 3. The number of aliphatic hydroxyl groups excluding tert-OH is 1. The summed E-state index contributed by atoms with van der Waals surface area (Å²) in [6, 6.07) is 8.28. The first-order chi connectivity index (χ1) is 9.24. The fourth-order valence-corrected chi connectivity index (χ4v) is 2.32. The van der Waals surface area contributed by atoms with E-state index in [9.17, 15) is 14.7 Å². The zero-order chi connectivity index (χ0) is 13.4. The molecule has 0 spiro atoms. The molecule has 6 heteroatoms. The number of fused-ring (bicyclic) bond motifs is 1. The second-order valence-corrected chi connectivity index (χ2v) is 4.34. The van der Waals surface area contributed by atoms with Gasteiger partial charge in [0.1, 0.15) is 0 Å². The lowest BCUT2D eigenvalue weighted by molar-refractivity contribution is 0.223. The lowest BCUT2D eigenvalue weighted by Gasteiger charge is -2.18. The minimum absolute atomic E-state index is 0.214. The molecule has 2 aromatic rings. The minimum atomic E-state index is -0.487. The number of aromatic nitrogens is 3. The molecule has 1 atom stereocenters. The van der Waals surface area contributed by atoms with Crippen molar-refractivity contribution in [3.8, 4) is 5.69 Å². The van der Waals surface area contributed by atoms with Crippen LogP contribution in [0.2, 0.25) is 0 Å². The fourth-order valence-electron chi connectivity index (χ4n) is 2.32. The molecule has 0 radical (unpaired) electrons. The molecular weight excluding hydrogens is 247 g/mol. The predicted molar refractivity (Wildman–Crippen MR) is 69.6 cm³/mol. The SMILES string of the molecule is O=c1n(-c2ccccc2)c(=O)n2n1CC=C[13CH]2CO. The van der Waals surface area contributed by atoms with E-state index in [4.69, 9.17) is 0 Å². The number of nitrogens with zero attached hydrogens (tertiary/aromatic N) is 3. The zero-order valence-electron chi connectivity index (χ0n) is 10.1. The molecule has 1 aliphatic heterocycles. The van der Waals surface area contributed by atoms with Crippen molar-refractivity contribution in [3.05, 3.63) is 63.5 Å². The van der Waals surface area contributed by atoms with Crippen LogP contribution < -0.4 is 11.4 Å². The Labute approximate surface area is 108 Å². The van der Waals surface area contributed by atoms with Crippen molar-refractivity contribution in [2.75, 3.05) is 6.61 Å². The van der Waals surface area contributed by atoms with Crippen LogP contribution >= 0.6 is 0 Å². The number of aliphatic hydroxyl groups is 1. The summed E-state index contributed by atoms with van der Waals surface area (Å²) in [7, 11) is 0. The zero-order valence-corrected chi connectivity index (χ0v) is 10.1. The summed E-state index contributed by atoms with van der Waals surface area (Å²) >= 11 is 0. The molecule has 1 N–H and O–H groups in total. The van der Waals surface area contributed by atoms with Crippen LogP contribution in [0.1, 0.15) is 6.04 Å². The summed E-state index contributed by atoms with van der Waals surface area (Å²) in [6.45, 7) is 0.124. The largest absolute Gasteiger partial charge is 0.394 e. The summed E-state index contributed by atoms with van der Waals surface area (Å²) in [5.74, 6) is 0. The molecule has 19 heavy (non-hydrogen) atoms. The molecule has 1 unspecified atom stereocenters. The Morgan fingerprint density at radius 1 is 1.16 bits per heavy atom. The van der Waals surface area contributed by atoms with E-state index in [1.165, 1.54) is 9.36 Å². The quantitative estimate of drug-likeness (QED) is 0.606. The fraction of sp³-hybridized carbons (Fsp3) is 0.231. The van der Waals surface area contributed by atoms with E-state index in [0.29, 0.717) is 12.2 Å². The standard InChI is InChI=1S/C13H13N3O3/c17-9-11-7-4-8-14-12(18)15(13(19)16(11)14)10-5-2-1-3-6-10/h1-7,11,17H,8-9H2/i11+1. The second kappa shape index (κ2) is 4.40. The van der Waals surface area contributed by atoms with Gasteiger partial charge in [-0.3, -0.25) is 0 Å². The Kier molecular flexibility index (Phi) is 2.72. The summed E-state index contributed by atoms with van der Waals surface area (Å²) in [5.41, 5.74) is -0.290. The van der Waals surface area contributed by atoms with E-state index in [0.717, 1.165) is 4.57 Å². The Morgan fingerprint density at radius 2 is 1.89 bits per heavy atom. The maximum absolute atomic E-state index is 12.4. The van der Waals surface area contributed by atoms with Gasteiger partial charge in [0.05, 0.1) is 24.9 Å². The Balaban J connectivity index is 2.28. The van der Waals surface area contributed by atoms with Gasteiger partial charge in [-0.15, -0.1) is 0 Å². The minimum Gasteiger partial charge on any atom is -0.394 e. The van der Waals surface area contributed by atoms with E-state index in [2.05, 4.69) is 0 Å². The monoisotopic (exact) mass is 260 g/mol. The van der Waals surface area contributed by atoms with Gasteiger partial charge < -0.3 is 5.11 Å². The van der Waals surface area contributed by atoms with Gasteiger partial charge in [0.25, 0.3) is 0 Å². The number of allylic oxidation sites excluding steroid dienone is 1. The normalized spacial score (nSPS) is 17.4. The van der Waals surface area contributed by atoms with Gasteiger partial charge in [-0.05, 0) is 12.1 Å². The molecule has 0 bridgehead atoms. The Morgan fingerprint density at radius 3 is 2.58 bits per heavy atom. The highest BCUT2D eigenvalue weighted by molar-refractivity contribution is 5.30. The maximum atomic E-state index is 12.4. The smallest absolute Gasteiger partial charge is 0.352 e. The number of hydrogen-bond donors (Lipinski definition) is 1. The predicted octanol–water partition coefficient (Wildman–Crippen LogP) is -0.0961. The highest BCUT2D eigenvalue weighted by Crippen LogP contribution is 2.10. The molecule has 0 saturated carbocycles. The van der Waals surface area contributed by atoms with Crippen molar-refractivity contribution in [2.45, 2.75) is 12.6 Å². The van der Waals surface area contributed by atoms with Crippen LogP contribution in [0.15, 0.2) is 52.1 Å². The molecule has 0 aliphatic carbocycles. The molecule has 6 nitrogen and oxygen atoms in total.